The lowest BCUT2D eigenvalue weighted by molar-refractivity contribution is 0.385. The fourth-order valence-corrected chi connectivity index (χ4v) is 4.07. The summed E-state index contributed by atoms with van der Waals surface area (Å²) < 4.78 is 28.1. The van der Waals surface area contributed by atoms with Gasteiger partial charge in [-0.15, -0.1) is 0 Å². The van der Waals surface area contributed by atoms with Crippen LogP contribution < -0.4 is 4.72 Å². The molecule has 6 nitrogen and oxygen atoms in total. The quantitative estimate of drug-likeness (QED) is 0.908. The van der Waals surface area contributed by atoms with Crippen molar-refractivity contribution in [2.24, 2.45) is 13.0 Å². The lowest BCUT2D eigenvalue weighted by Gasteiger charge is -2.21. The van der Waals surface area contributed by atoms with E-state index in [2.05, 4.69) is 9.82 Å². The first-order valence-corrected chi connectivity index (χ1v) is 8.09. The Morgan fingerprint density at radius 2 is 2.16 bits per heavy atom. The number of hydrogen-bond donors (Lipinski definition) is 1. The maximum absolute atomic E-state index is 12.1. The second-order valence-electron chi connectivity index (χ2n) is 5.03. The summed E-state index contributed by atoms with van der Waals surface area (Å²) in [6.45, 7) is 0. The maximum Gasteiger partial charge on any atom is 0.234 e. The molecule has 7 heteroatoms. The Hall–Kier alpha value is -1.55. The van der Waals surface area contributed by atoms with Crippen molar-refractivity contribution in [2.45, 2.75) is 32.1 Å². The van der Waals surface area contributed by atoms with Gasteiger partial charge in [-0.25, -0.2) is 8.42 Å². The Morgan fingerprint density at radius 1 is 1.47 bits per heavy atom. The third kappa shape index (κ3) is 3.47. The molecule has 104 valence electrons. The predicted molar refractivity (Wildman–Crippen MR) is 71.9 cm³/mol. The van der Waals surface area contributed by atoms with Gasteiger partial charge in [-0.3, -0.25) is 9.40 Å². The van der Waals surface area contributed by atoms with E-state index in [0.717, 1.165) is 25.7 Å². The molecule has 0 atom stereocenters. The van der Waals surface area contributed by atoms with E-state index in [9.17, 15) is 8.42 Å². The van der Waals surface area contributed by atoms with Crippen molar-refractivity contribution < 1.29 is 8.42 Å². The van der Waals surface area contributed by atoms with Gasteiger partial charge in [0.1, 0.15) is 11.6 Å². The monoisotopic (exact) mass is 282 g/mol. The predicted octanol–water partition coefficient (Wildman–Crippen LogP) is 1.61. The number of rotatable bonds is 4. The molecule has 1 aromatic rings. The smallest absolute Gasteiger partial charge is 0.234 e. The zero-order valence-electron chi connectivity index (χ0n) is 11.0. The fraction of sp³-hybridized carbons (Fsp3) is 0.667. The molecule has 1 aliphatic carbocycles. The Kier molecular flexibility index (Phi) is 4.10. The minimum Gasteiger partial charge on any atom is -0.266 e. The summed E-state index contributed by atoms with van der Waals surface area (Å²) in [6.07, 6.45) is 6.71. The van der Waals surface area contributed by atoms with Gasteiger partial charge in [-0.05, 0) is 18.8 Å². The zero-order valence-corrected chi connectivity index (χ0v) is 11.8. The van der Waals surface area contributed by atoms with Gasteiger partial charge in [-0.2, -0.15) is 10.4 Å². The Labute approximate surface area is 113 Å². The molecule has 1 fully saturated rings. The zero-order chi connectivity index (χ0) is 13.9. The van der Waals surface area contributed by atoms with Crippen LogP contribution in [0.1, 0.15) is 37.7 Å². The third-order valence-corrected chi connectivity index (χ3v) is 4.91. The molecule has 0 bridgehead atoms. The van der Waals surface area contributed by atoms with Gasteiger partial charge in [-0.1, -0.05) is 19.3 Å². The maximum atomic E-state index is 12.1. The minimum absolute atomic E-state index is 0.128. The third-order valence-electron chi connectivity index (χ3n) is 3.49. The van der Waals surface area contributed by atoms with Gasteiger partial charge in [0.2, 0.25) is 10.0 Å². The van der Waals surface area contributed by atoms with Crippen LogP contribution in [0.5, 0.6) is 0 Å². The average molecular weight is 282 g/mol. The van der Waals surface area contributed by atoms with E-state index in [1.807, 2.05) is 6.07 Å². The van der Waals surface area contributed by atoms with Gasteiger partial charge in [0.25, 0.3) is 0 Å². The standard InChI is InChI=1S/C12H18N4O2S/c1-16-12(11(7-13)8-14-16)15-19(17,18)9-10-5-3-2-4-6-10/h8,10,15H,2-6,9H2,1H3. The highest BCUT2D eigenvalue weighted by atomic mass is 32.2. The first-order valence-electron chi connectivity index (χ1n) is 6.44. The van der Waals surface area contributed by atoms with Gasteiger partial charge < -0.3 is 0 Å². The first kappa shape index (κ1) is 13.9. The van der Waals surface area contributed by atoms with Gasteiger partial charge in [0, 0.05) is 7.05 Å². The van der Waals surface area contributed by atoms with Gasteiger partial charge in [0.15, 0.2) is 5.82 Å². The Balaban J connectivity index is 2.08. The van der Waals surface area contributed by atoms with Crippen LogP contribution in [0.15, 0.2) is 6.20 Å². The highest BCUT2D eigenvalue weighted by Crippen LogP contribution is 2.25. The van der Waals surface area contributed by atoms with Crippen molar-refractivity contribution >= 4 is 15.8 Å². The molecular formula is C12H18N4O2S. The van der Waals surface area contributed by atoms with E-state index in [0.29, 0.717) is 0 Å². The summed E-state index contributed by atoms with van der Waals surface area (Å²) in [5.41, 5.74) is 0.245. The number of aryl methyl sites for hydroxylation is 1. The number of aromatic nitrogens is 2. The summed E-state index contributed by atoms with van der Waals surface area (Å²) in [6, 6.07) is 1.93. The van der Waals surface area contributed by atoms with Crippen molar-refractivity contribution in [1.29, 1.82) is 5.26 Å². The first-order chi connectivity index (χ1) is 9.02. The highest BCUT2D eigenvalue weighted by molar-refractivity contribution is 7.92. The summed E-state index contributed by atoms with van der Waals surface area (Å²) in [5.74, 6) is 0.603. The van der Waals surface area contributed by atoms with Crippen LogP contribution in [-0.2, 0) is 17.1 Å². The molecule has 1 aliphatic rings. The lowest BCUT2D eigenvalue weighted by Crippen LogP contribution is -2.25. The van der Waals surface area contributed by atoms with Crippen molar-refractivity contribution in [3.05, 3.63) is 11.8 Å². The number of nitrogens with zero attached hydrogens (tertiary/aromatic N) is 3. The minimum atomic E-state index is -3.42. The van der Waals surface area contributed by atoms with Crippen LogP contribution in [0, 0.1) is 17.2 Å². The van der Waals surface area contributed by atoms with E-state index in [1.165, 1.54) is 17.3 Å². The van der Waals surface area contributed by atoms with Crippen LogP contribution in [0.4, 0.5) is 5.82 Å². The van der Waals surface area contributed by atoms with Gasteiger partial charge in [0.05, 0.1) is 11.9 Å². The SMILES string of the molecule is Cn1ncc(C#N)c1NS(=O)(=O)CC1CCCCC1. The topological polar surface area (TPSA) is 87.8 Å². The van der Waals surface area contributed by atoms with Crippen molar-refractivity contribution in [2.75, 3.05) is 10.5 Å². The van der Waals surface area contributed by atoms with Crippen LogP contribution in [0.3, 0.4) is 0 Å². The van der Waals surface area contributed by atoms with Crippen molar-refractivity contribution in [1.82, 2.24) is 9.78 Å². The molecule has 0 spiro atoms. The molecule has 1 heterocycles. The van der Waals surface area contributed by atoms with E-state index < -0.39 is 10.0 Å². The number of sulfonamides is 1. The van der Waals surface area contributed by atoms with Crippen LogP contribution in [0.25, 0.3) is 0 Å². The van der Waals surface area contributed by atoms with Crippen molar-refractivity contribution in [3.63, 3.8) is 0 Å². The van der Waals surface area contributed by atoms with E-state index in [1.54, 1.807) is 7.05 Å². The molecule has 0 aromatic carbocycles. The Morgan fingerprint density at radius 3 is 2.79 bits per heavy atom. The van der Waals surface area contributed by atoms with Crippen LogP contribution in [-0.4, -0.2) is 24.0 Å². The summed E-state index contributed by atoms with van der Waals surface area (Å²) in [4.78, 5) is 0. The number of nitriles is 1. The number of anilines is 1. The summed E-state index contributed by atoms with van der Waals surface area (Å²) >= 11 is 0. The molecule has 0 radical (unpaired) electrons. The Bertz CT molecular complexity index is 579. The van der Waals surface area contributed by atoms with E-state index in [4.69, 9.17) is 5.26 Å². The second-order valence-corrected chi connectivity index (χ2v) is 6.80. The molecule has 1 saturated carbocycles. The normalized spacial score (nSPS) is 17.1. The summed E-state index contributed by atoms with van der Waals surface area (Å²) in [5, 5.41) is 12.8. The largest absolute Gasteiger partial charge is 0.266 e. The number of nitrogens with one attached hydrogen (secondary N) is 1. The average Bonchev–Trinajstić information content (AvgIpc) is 2.70. The molecule has 0 saturated heterocycles. The highest BCUT2D eigenvalue weighted by Gasteiger charge is 2.23. The second kappa shape index (κ2) is 5.61. The molecule has 1 aromatic heterocycles. The van der Waals surface area contributed by atoms with E-state index >= 15 is 0 Å². The van der Waals surface area contributed by atoms with E-state index in [-0.39, 0.29) is 23.1 Å². The van der Waals surface area contributed by atoms with Crippen LogP contribution >= 0.6 is 0 Å². The molecule has 0 unspecified atom stereocenters. The van der Waals surface area contributed by atoms with Crippen molar-refractivity contribution in [3.8, 4) is 6.07 Å². The van der Waals surface area contributed by atoms with Gasteiger partial charge >= 0.3 is 0 Å². The molecular weight excluding hydrogens is 264 g/mol. The molecule has 0 aliphatic heterocycles. The number of hydrogen-bond acceptors (Lipinski definition) is 4. The van der Waals surface area contributed by atoms with Crippen LogP contribution in [0.2, 0.25) is 0 Å². The molecule has 1 N–H and O–H groups in total. The molecule has 0 amide bonds. The summed E-state index contributed by atoms with van der Waals surface area (Å²) in [7, 11) is -1.81. The lowest BCUT2D eigenvalue weighted by atomic mass is 9.91. The fourth-order valence-electron chi connectivity index (χ4n) is 2.49. The molecule has 2 rings (SSSR count). The molecule has 19 heavy (non-hydrogen) atoms.